The minimum atomic E-state index is -0.274. The van der Waals surface area contributed by atoms with E-state index in [1.807, 2.05) is 55.5 Å². The molecule has 0 aliphatic carbocycles. The Morgan fingerprint density at radius 2 is 1.67 bits per heavy atom. The van der Waals surface area contributed by atoms with Crippen LogP contribution in [0.3, 0.4) is 0 Å². The zero-order valence-electron chi connectivity index (χ0n) is 15.3. The third-order valence-corrected chi connectivity index (χ3v) is 4.43. The molecule has 0 unspecified atom stereocenters. The van der Waals surface area contributed by atoms with Crippen molar-refractivity contribution in [3.63, 3.8) is 0 Å². The van der Waals surface area contributed by atoms with E-state index in [1.165, 1.54) is 5.56 Å². The molecule has 1 amide bonds. The molecule has 0 aliphatic heterocycles. The molecule has 1 aromatic heterocycles. The lowest BCUT2D eigenvalue weighted by Crippen LogP contribution is -2.20. The van der Waals surface area contributed by atoms with Crippen molar-refractivity contribution >= 4 is 22.6 Å². The first-order chi connectivity index (χ1) is 13.2. The van der Waals surface area contributed by atoms with Crippen LogP contribution in [0, 0.1) is 0 Å². The van der Waals surface area contributed by atoms with Gasteiger partial charge in [0.05, 0.1) is 6.61 Å². The first-order valence-electron chi connectivity index (χ1n) is 8.76. The van der Waals surface area contributed by atoms with E-state index < -0.39 is 0 Å². The Morgan fingerprint density at radius 1 is 1.00 bits per heavy atom. The number of anilines is 1. The normalized spacial score (nSPS) is 10.4. The molecule has 1 heterocycles. The number of hydrogen-bond donors (Lipinski definition) is 1. The molecule has 0 fully saturated rings. The Kier molecular flexibility index (Phi) is 6.38. The van der Waals surface area contributed by atoms with Crippen LogP contribution in [0.2, 0.25) is 0 Å². The zero-order chi connectivity index (χ0) is 19.1. The maximum atomic E-state index is 12.1. The van der Waals surface area contributed by atoms with Crippen molar-refractivity contribution in [1.82, 2.24) is 9.36 Å². The Bertz CT molecular complexity index is 876. The van der Waals surface area contributed by atoms with Crippen LogP contribution in [0.15, 0.2) is 48.5 Å². The summed E-state index contributed by atoms with van der Waals surface area (Å²) >= 11 is 1.13. The minimum Gasteiger partial charge on any atom is -0.494 e. The molecule has 0 aliphatic rings. The molecule has 0 saturated heterocycles. The van der Waals surface area contributed by atoms with Crippen molar-refractivity contribution in [3.05, 3.63) is 54.1 Å². The predicted octanol–water partition coefficient (Wildman–Crippen LogP) is 4.18. The average Bonchev–Trinajstić information content (AvgIpc) is 3.16. The van der Waals surface area contributed by atoms with Crippen LogP contribution in [0.4, 0.5) is 5.13 Å². The highest BCUT2D eigenvalue weighted by Crippen LogP contribution is 2.23. The molecule has 0 saturated carbocycles. The summed E-state index contributed by atoms with van der Waals surface area (Å²) in [6.45, 7) is 4.57. The first-order valence-corrected chi connectivity index (χ1v) is 9.53. The topological polar surface area (TPSA) is 73.3 Å². The fraction of sp³-hybridized carbons (Fsp3) is 0.250. The summed E-state index contributed by atoms with van der Waals surface area (Å²) in [4.78, 5) is 16.4. The molecule has 0 spiro atoms. The SMILES string of the molecule is CCOc1ccc(-c2nsc(NC(=O)COc3ccc(CC)cc3)n2)cc1. The number of nitrogens with one attached hydrogen (secondary N) is 1. The standard InChI is InChI=1S/C20H21N3O3S/c1-3-14-5-9-17(10-6-14)26-13-18(24)21-20-22-19(23-27-20)15-7-11-16(12-8-15)25-4-2/h5-12H,3-4,13H2,1-2H3,(H,21,22,23,24). The molecule has 2 aromatic carbocycles. The van der Waals surface area contributed by atoms with Crippen molar-refractivity contribution in [1.29, 1.82) is 0 Å². The number of carbonyl (C=O) groups excluding carboxylic acids is 1. The van der Waals surface area contributed by atoms with Crippen LogP contribution in [-0.4, -0.2) is 28.5 Å². The quantitative estimate of drug-likeness (QED) is 0.632. The maximum Gasteiger partial charge on any atom is 0.264 e. The number of amides is 1. The van der Waals surface area contributed by atoms with Gasteiger partial charge < -0.3 is 9.47 Å². The largest absolute Gasteiger partial charge is 0.494 e. The lowest BCUT2D eigenvalue weighted by atomic mass is 10.2. The minimum absolute atomic E-state index is 0.0799. The number of ether oxygens (including phenoxy) is 2. The van der Waals surface area contributed by atoms with Gasteiger partial charge in [0.15, 0.2) is 12.4 Å². The molecule has 7 heteroatoms. The molecule has 3 rings (SSSR count). The van der Waals surface area contributed by atoms with Gasteiger partial charge in [-0.3, -0.25) is 10.1 Å². The van der Waals surface area contributed by atoms with E-state index in [4.69, 9.17) is 9.47 Å². The van der Waals surface area contributed by atoms with Crippen molar-refractivity contribution in [2.75, 3.05) is 18.5 Å². The third kappa shape index (κ3) is 5.27. The smallest absolute Gasteiger partial charge is 0.264 e. The summed E-state index contributed by atoms with van der Waals surface area (Å²) in [5, 5.41) is 3.15. The second-order valence-electron chi connectivity index (χ2n) is 5.71. The molecule has 0 bridgehead atoms. The van der Waals surface area contributed by atoms with E-state index in [9.17, 15) is 4.79 Å². The molecule has 0 radical (unpaired) electrons. The second-order valence-corrected chi connectivity index (χ2v) is 6.47. The van der Waals surface area contributed by atoms with E-state index in [-0.39, 0.29) is 12.5 Å². The highest BCUT2D eigenvalue weighted by atomic mass is 32.1. The van der Waals surface area contributed by atoms with Crippen LogP contribution >= 0.6 is 11.5 Å². The van der Waals surface area contributed by atoms with Crippen molar-refractivity contribution in [2.45, 2.75) is 20.3 Å². The zero-order valence-corrected chi connectivity index (χ0v) is 16.1. The van der Waals surface area contributed by atoms with Crippen LogP contribution in [-0.2, 0) is 11.2 Å². The van der Waals surface area contributed by atoms with Crippen LogP contribution < -0.4 is 14.8 Å². The molecule has 140 valence electrons. The number of rotatable bonds is 8. The monoisotopic (exact) mass is 383 g/mol. The fourth-order valence-electron chi connectivity index (χ4n) is 2.38. The summed E-state index contributed by atoms with van der Waals surface area (Å²) in [6.07, 6.45) is 0.967. The number of aryl methyl sites for hydroxylation is 1. The number of aromatic nitrogens is 2. The number of nitrogens with zero attached hydrogens (tertiary/aromatic N) is 2. The number of benzene rings is 2. The van der Waals surface area contributed by atoms with E-state index in [2.05, 4.69) is 21.6 Å². The van der Waals surface area contributed by atoms with E-state index >= 15 is 0 Å². The number of hydrogen-bond acceptors (Lipinski definition) is 6. The van der Waals surface area contributed by atoms with Crippen molar-refractivity contribution in [2.24, 2.45) is 0 Å². The highest BCUT2D eigenvalue weighted by molar-refractivity contribution is 7.10. The number of carbonyl (C=O) groups is 1. The van der Waals surface area contributed by atoms with Crippen LogP contribution in [0.1, 0.15) is 19.4 Å². The van der Waals surface area contributed by atoms with E-state index in [0.717, 1.165) is 29.3 Å². The van der Waals surface area contributed by atoms with Gasteiger partial charge in [0.25, 0.3) is 5.91 Å². The molecule has 3 aromatic rings. The van der Waals surface area contributed by atoms with Gasteiger partial charge in [-0.2, -0.15) is 9.36 Å². The molecule has 27 heavy (non-hydrogen) atoms. The summed E-state index contributed by atoms with van der Waals surface area (Å²) in [5.74, 6) is 1.75. The van der Waals surface area contributed by atoms with Crippen LogP contribution in [0.25, 0.3) is 11.4 Å². The second kappa shape index (κ2) is 9.14. The molecular weight excluding hydrogens is 362 g/mol. The fourth-order valence-corrected chi connectivity index (χ4v) is 2.99. The summed E-state index contributed by atoms with van der Waals surface area (Å²) in [7, 11) is 0. The van der Waals surface area contributed by atoms with Crippen molar-refractivity contribution < 1.29 is 14.3 Å². The summed E-state index contributed by atoms with van der Waals surface area (Å²) in [5.41, 5.74) is 2.09. The van der Waals surface area contributed by atoms with Gasteiger partial charge in [-0.05, 0) is 55.3 Å². The Labute approximate surface area is 162 Å². The molecular formula is C20H21N3O3S. The Morgan fingerprint density at radius 3 is 2.33 bits per heavy atom. The predicted molar refractivity (Wildman–Crippen MR) is 106 cm³/mol. The van der Waals surface area contributed by atoms with Gasteiger partial charge in [0.2, 0.25) is 5.13 Å². The van der Waals surface area contributed by atoms with Crippen molar-refractivity contribution in [3.8, 4) is 22.9 Å². The van der Waals surface area contributed by atoms with E-state index in [1.54, 1.807) is 0 Å². The molecule has 6 nitrogen and oxygen atoms in total. The van der Waals surface area contributed by atoms with Gasteiger partial charge in [0, 0.05) is 17.1 Å². The third-order valence-electron chi connectivity index (χ3n) is 3.80. The Hall–Kier alpha value is -2.93. The lowest BCUT2D eigenvalue weighted by molar-refractivity contribution is -0.118. The molecule has 0 atom stereocenters. The van der Waals surface area contributed by atoms with Gasteiger partial charge >= 0.3 is 0 Å². The van der Waals surface area contributed by atoms with Gasteiger partial charge in [-0.1, -0.05) is 19.1 Å². The Balaban J connectivity index is 1.54. The van der Waals surface area contributed by atoms with E-state index in [0.29, 0.717) is 23.3 Å². The maximum absolute atomic E-state index is 12.1. The van der Waals surface area contributed by atoms with Crippen LogP contribution in [0.5, 0.6) is 11.5 Å². The van der Waals surface area contributed by atoms with Gasteiger partial charge in [0.1, 0.15) is 11.5 Å². The van der Waals surface area contributed by atoms with Gasteiger partial charge in [-0.15, -0.1) is 0 Å². The van der Waals surface area contributed by atoms with Gasteiger partial charge in [-0.25, -0.2) is 0 Å². The lowest BCUT2D eigenvalue weighted by Gasteiger charge is -2.06. The molecule has 1 N–H and O–H groups in total. The summed E-state index contributed by atoms with van der Waals surface area (Å²) in [6, 6.07) is 15.2. The first kappa shape index (κ1) is 18.8. The highest BCUT2D eigenvalue weighted by Gasteiger charge is 2.10. The average molecular weight is 383 g/mol. The summed E-state index contributed by atoms with van der Waals surface area (Å²) < 4.78 is 15.2.